The Hall–Kier alpha value is -6.58. The maximum absolute atomic E-state index is 6.56. The summed E-state index contributed by atoms with van der Waals surface area (Å²) < 4.78 is 6.56. The molecule has 0 fully saturated rings. The molecular weight excluding hydrogens is 633 g/mol. The van der Waals surface area contributed by atoms with E-state index in [1.165, 1.54) is 54.6 Å². The molecule has 11 rings (SSSR count). The third-order valence-corrected chi connectivity index (χ3v) is 11.3. The molecule has 0 radical (unpaired) electrons. The van der Waals surface area contributed by atoms with Gasteiger partial charge in [-0.2, -0.15) is 0 Å². The van der Waals surface area contributed by atoms with Gasteiger partial charge in [0.2, 0.25) is 0 Å². The lowest BCUT2D eigenvalue weighted by Gasteiger charge is -2.21. The summed E-state index contributed by atoms with van der Waals surface area (Å²) in [7, 11) is 0. The Balaban J connectivity index is 1.21. The van der Waals surface area contributed by atoms with E-state index in [1.54, 1.807) is 0 Å². The molecule has 0 unspecified atom stereocenters. The molecule has 3 heteroatoms. The van der Waals surface area contributed by atoms with Gasteiger partial charge in [0.05, 0.1) is 11.4 Å². The predicted molar refractivity (Wildman–Crippen MR) is 216 cm³/mol. The molecule has 0 aliphatic heterocycles. The fourth-order valence-electron chi connectivity index (χ4n) is 8.82. The van der Waals surface area contributed by atoms with E-state index in [4.69, 9.17) is 14.4 Å². The zero-order valence-corrected chi connectivity index (χ0v) is 28.8. The van der Waals surface area contributed by atoms with E-state index in [-0.39, 0.29) is 5.41 Å². The van der Waals surface area contributed by atoms with Crippen LogP contribution in [-0.4, -0.2) is 9.97 Å². The molecule has 0 atom stereocenters. The van der Waals surface area contributed by atoms with E-state index in [0.29, 0.717) is 5.82 Å². The fraction of sp³-hybridized carbons (Fsp3) is 0.0612. The number of aromatic nitrogens is 2. The number of benzene rings is 8. The SMILES string of the molecule is CC1(C)c2ccccc2-c2c(-c3cc(-c4cccc5c4oc4ccccc45)nc(-c4ccc5c6ccccc6c6ccccc6c5c4)n3)cccc21. The summed E-state index contributed by atoms with van der Waals surface area (Å²) in [6.07, 6.45) is 0. The Bertz CT molecular complexity index is 3080. The van der Waals surface area contributed by atoms with Gasteiger partial charge in [0.15, 0.2) is 5.82 Å². The van der Waals surface area contributed by atoms with Gasteiger partial charge in [0.1, 0.15) is 11.2 Å². The number of hydrogen-bond donors (Lipinski definition) is 0. The highest BCUT2D eigenvalue weighted by atomic mass is 16.3. The number of para-hydroxylation sites is 2. The predicted octanol–water partition coefficient (Wildman–Crippen LogP) is 13.1. The molecule has 1 aliphatic rings. The molecular formula is C49H32N2O. The van der Waals surface area contributed by atoms with Gasteiger partial charge in [0.25, 0.3) is 0 Å². The van der Waals surface area contributed by atoms with Crippen LogP contribution < -0.4 is 0 Å². The number of rotatable bonds is 3. The summed E-state index contributed by atoms with van der Waals surface area (Å²) in [6.45, 7) is 4.65. The molecule has 0 spiro atoms. The highest BCUT2D eigenvalue weighted by molar-refractivity contribution is 6.25. The van der Waals surface area contributed by atoms with E-state index in [1.807, 2.05) is 12.1 Å². The van der Waals surface area contributed by atoms with Crippen LogP contribution in [-0.2, 0) is 5.41 Å². The highest BCUT2D eigenvalue weighted by Crippen LogP contribution is 2.52. The molecule has 52 heavy (non-hydrogen) atoms. The van der Waals surface area contributed by atoms with Crippen molar-refractivity contribution in [1.82, 2.24) is 9.97 Å². The molecule has 0 saturated carbocycles. The van der Waals surface area contributed by atoms with Gasteiger partial charge >= 0.3 is 0 Å². The molecule has 244 valence electrons. The van der Waals surface area contributed by atoms with E-state index in [2.05, 4.69) is 159 Å². The van der Waals surface area contributed by atoms with Crippen LogP contribution in [0.15, 0.2) is 162 Å². The van der Waals surface area contributed by atoms with Gasteiger partial charge in [-0.15, -0.1) is 0 Å². The molecule has 3 nitrogen and oxygen atoms in total. The normalized spacial score (nSPS) is 13.3. The molecule has 0 saturated heterocycles. The number of nitrogens with zero attached hydrogens (tertiary/aromatic N) is 2. The van der Waals surface area contributed by atoms with Crippen LogP contribution in [0.5, 0.6) is 0 Å². The van der Waals surface area contributed by atoms with Gasteiger partial charge in [-0.1, -0.05) is 147 Å². The first-order valence-corrected chi connectivity index (χ1v) is 17.9. The zero-order chi connectivity index (χ0) is 34.6. The summed E-state index contributed by atoms with van der Waals surface area (Å²) in [4.78, 5) is 10.8. The van der Waals surface area contributed by atoms with E-state index < -0.39 is 0 Å². The fourth-order valence-corrected chi connectivity index (χ4v) is 8.82. The lowest BCUT2D eigenvalue weighted by Crippen LogP contribution is -2.14. The van der Waals surface area contributed by atoms with Crippen molar-refractivity contribution in [2.24, 2.45) is 0 Å². The molecule has 10 aromatic rings. The van der Waals surface area contributed by atoms with Crippen LogP contribution in [0.4, 0.5) is 0 Å². The van der Waals surface area contributed by atoms with Crippen LogP contribution in [0.1, 0.15) is 25.0 Å². The molecule has 0 bridgehead atoms. The third kappa shape index (κ3) is 4.08. The van der Waals surface area contributed by atoms with Crippen molar-refractivity contribution in [1.29, 1.82) is 0 Å². The quantitative estimate of drug-likeness (QED) is 0.176. The maximum Gasteiger partial charge on any atom is 0.160 e. The summed E-state index contributed by atoms with van der Waals surface area (Å²) >= 11 is 0. The van der Waals surface area contributed by atoms with Gasteiger partial charge < -0.3 is 4.42 Å². The number of furan rings is 1. The van der Waals surface area contributed by atoms with Crippen molar-refractivity contribution >= 4 is 54.3 Å². The number of fused-ring (bicyclic) bond motifs is 12. The van der Waals surface area contributed by atoms with Crippen LogP contribution in [0.3, 0.4) is 0 Å². The first-order valence-electron chi connectivity index (χ1n) is 17.9. The van der Waals surface area contributed by atoms with Crippen LogP contribution in [0.2, 0.25) is 0 Å². The van der Waals surface area contributed by atoms with E-state index in [9.17, 15) is 0 Å². The second-order valence-electron chi connectivity index (χ2n) is 14.5. The zero-order valence-electron chi connectivity index (χ0n) is 28.8. The standard InChI is InChI=1S/C49H32N2O/c1-49(2)41-22-9-7-18-37(41)46-38(20-12-23-42(46)49)43-28-44(39-21-11-19-36-35-17-8-10-24-45(35)52-47(36)39)51-48(50-43)29-25-26-34-32-15-4-3-13-30(32)31-14-5-6-16-33(31)40(34)27-29/h3-28H,1-2H3. The smallest absolute Gasteiger partial charge is 0.160 e. The first kappa shape index (κ1) is 29.2. The Morgan fingerprint density at radius 3 is 1.73 bits per heavy atom. The number of hydrogen-bond acceptors (Lipinski definition) is 3. The summed E-state index contributed by atoms with van der Waals surface area (Å²) in [5.41, 5.74) is 11.5. The van der Waals surface area contributed by atoms with Crippen LogP contribution in [0.25, 0.3) is 99.3 Å². The van der Waals surface area contributed by atoms with Crippen molar-refractivity contribution in [2.45, 2.75) is 19.3 Å². The van der Waals surface area contributed by atoms with Crippen molar-refractivity contribution in [3.8, 4) is 45.0 Å². The van der Waals surface area contributed by atoms with Crippen molar-refractivity contribution in [3.05, 3.63) is 169 Å². The van der Waals surface area contributed by atoms with Gasteiger partial charge in [0, 0.05) is 32.9 Å². The monoisotopic (exact) mass is 664 g/mol. The molecule has 1 aliphatic carbocycles. The molecule has 0 N–H and O–H groups in total. The van der Waals surface area contributed by atoms with Gasteiger partial charge in [-0.25, -0.2) is 9.97 Å². The minimum atomic E-state index is -0.122. The second kappa shape index (κ2) is 10.7. The molecule has 2 aromatic heterocycles. The maximum atomic E-state index is 6.56. The summed E-state index contributed by atoms with van der Waals surface area (Å²) in [5, 5.41) is 9.57. The first-order chi connectivity index (χ1) is 25.5. The Morgan fingerprint density at radius 2 is 0.962 bits per heavy atom. The van der Waals surface area contributed by atoms with Crippen molar-refractivity contribution < 1.29 is 4.42 Å². The topological polar surface area (TPSA) is 38.9 Å². The van der Waals surface area contributed by atoms with Crippen molar-refractivity contribution in [3.63, 3.8) is 0 Å². The minimum absolute atomic E-state index is 0.122. The minimum Gasteiger partial charge on any atom is -0.455 e. The van der Waals surface area contributed by atoms with Crippen LogP contribution >= 0.6 is 0 Å². The molecule has 2 heterocycles. The average Bonchev–Trinajstić information content (AvgIpc) is 3.70. The highest BCUT2D eigenvalue weighted by Gasteiger charge is 2.37. The van der Waals surface area contributed by atoms with E-state index in [0.717, 1.165) is 50.0 Å². The van der Waals surface area contributed by atoms with Crippen LogP contribution in [0, 0.1) is 0 Å². The lowest BCUT2D eigenvalue weighted by molar-refractivity contribution is 0.660. The summed E-state index contributed by atoms with van der Waals surface area (Å²) in [5.74, 6) is 0.683. The van der Waals surface area contributed by atoms with Gasteiger partial charge in [-0.05, 0) is 78.8 Å². The third-order valence-electron chi connectivity index (χ3n) is 11.3. The molecule has 0 amide bonds. The lowest BCUT2D eigenvalue weighted by atomic mass is 9.82. The average molecular weight is 665 g/mol. The Labute approximate surface area is 300 Å². The van der Waals surface area contributed by atoms with E-state index >= 15 is 0 Å². The largest absolute Gasteiger partial charge is 0.455 e. The Morgan fingerprint density at radius 1 is 0.423 bits per heavy atom. The van der Waals surface area contributed by atoms with Gasteiger partial charge in [-0.3, -0.25) is 0 Å². The second-order valence-corrected chi connectivity index (χ2v) is 14.5. The summed E-state index contributed by atoms with van der Waals surface area (Å²) in [6, 6.07) is 56.3. The Kier molecular flexibility index (Phi) is 6.01. The van der Waals surface area contributed by atoms with Crippen molar-refractivity contribution in [2.75, 3.05) is 0 Å². The molecule has 8 aromatic carbocycles.